The monoisotopic (exact) mass is 543 g/mol. The molecule has 1 atom stereocenters. The number of carbonyl (C=O) groups excluding carboxylic acids is 1. The molecule has 0 saturated heterocycles. The quantitative estimate of drug-likeness (QED) is 0.233. The largest absolute Gasteiger partial charge is 0.382 e. The van der Waals surface area contributed by atoms with E-state index in [1.54, 1.807) is 33.7 Å². The number of pyridine rings is 1. The number of benzene rings is 2. The third-order valence-electron chi connectivity index (χ3n) is 7.13. The van der Waals surface area contributed by atoms with Crippen molar-refractivity contribution in [2.75, 3.05) is 5.73 Å². The molecular weight excluding hydrogens is 516 g/mol. The molecule has 4 heterocycles. The number of nitrogens with one attached hydrogen (secondary N) is 2. The van der Waals surface area contributed by atoms with E-state index in [1.807, 2.05) is 80.1 Å². The summed E-state index contributed by atoms with van der Waals surface area (Å²) in [6.07, 6.45) is 5.03. The number of imidazole rings is 1. The molecule has 2 aromatic carbocycles. The summed E-state index contributed by atoms with van der Waals surface area (Å²) in [4.78, 5) is 36.3. The second-order valence-electron chi connectivity index (χ2n) is 9.72. The maximum absolute atomic E-state index is 14.2. The van der Waals surface area contributed by atoms with Gasteiger partial charge in [0, 0.05) is 30.1 Å². The van der Waals surface area contributed by atoms with Gasteiger partial charge in [0.25, 0.3) is 11.5 Å². The number of aromatic amines is 1. The molecule has 0 radical (unpaired) electrons. The summed E-state index contributed by atoms with van der Waals surface area (Å²) in [7, 11) is 1.90. The molecule has 41 heavy (non-hydrogen) atoms. The van der Waals surface area contributed by atoms with Crippen LogP contribution in [0.1, 0.15) is 46.1 Å². The van der Waals surface area contributed by atoms with Gasteiger partial charge in [-0.3, -0.25) is 14.2 Å². The van der Waals surface area contributed by atoms with Crippen LogP contribution in [0.5, 0.6) is 0 Å². The fraction of sp³-hybridized carbons (Fsp3) is 0.129. The predicted molar refractivity (Wildman–Crippen MR) is 156 cm³/mol. The van der Waals surface area contributed by atoms with Crippen molar-refractivity contribution in [1.29, 1.82) is 0 Å². The summed E-state index contributed by atoms with van der Waals surface area (Å²) in [5, 5.41) is 7.15. The molecule has 4 N–H and O–H groups in total. The summed E-state index contributed by atoms with van der Waals surface area (Å²) >= 11 is 0. The Morgan fingerprint density at radius 2 is 1.90 bits per heavy atom. The number of nitrogens with zero attached hydrogens (tertiary/aromatic N) is 5. The number of carbonyl (C=O) groups is 1. The van der Waals surface area contributed by atoms with Crippen LogP contribution in [0.2, 0.25) is 0 Å². The molecule has 0 saturated carbocycles. The fourth-order valence-corrected chi connectivity index (χ4v) is 4.92. The summed E-state index contributed by atoms with van der Waals surface area (Å²) in [5.74, 6) is 6.96. The number of hydrogen-bond acceptors (Lipinski definition) is 5. The average Bonchev–Trinajstić information content (AvgIpc) is 3.49. The fourth-order valence-electron chi connectivity index (χ4n) is 4.92. The highest BCUT2D eigenvalue weighted by molar-refractivity contribution is 6.03. The molecular formula is C31H27N8O2+. The van der Waals surface area contributed by atoms with Gasteiger partial charge < -0.3 is 15.6 Å². The van der Waals surface area contributed by atoms with E-state index < -0.39 is 11.9 Å². The number of nitrogens with two attached hydrogens (primary N) is 1. The van der Waals surface area contributed by atoms with Crippen LogP contribution in [-0.4, -0.2) is 30.1 Å². The number of fused-ring (bicyclic) bond motifs is 2. The van der Waals surface area contributed by atoms with Crippen molar-refractivity contribution >= 4 is 28.1 Å². The van der Waals surface area contributed by atoms with Crippen LogP contribution >= 0.6 is 0 Å². The van der Waals surface area contributed by atoms with Crippen LogP contribution in [0.4, 0.5) is 5.82 Å². The van der Waals surface area contributed by atoms with Crippen molar-refractivity contribution < 1.29 is 9.31 Å². The Hall–Kier alpha value is -5.69. The van der Waals surface area contributed by atoms with Gasteiger partial charge in [-0.15, -0.1) is 4.52 Å². The van der Waals surface area contributed by atoms with E-state index in [4.69, 9.17) is 5.73 Å². The van der Waals surface area contributed by atoms with E-state index in [2.05, 4.69) is 32.2 Å². The SMILES string of the molecule is Cc1ncc(C#Cc2cccc3cc(C(C)NC(=O)c4c(N)[nH][n+]5cccnc45)n(-c4ccccc4)c(=O)c23)n1C. The molecule has 6 aromatic rings. The number of nitrogen functional groups attached to an aromatic ring is 1. The molecule has 10 heteroatoms. The molecule has 0 spiro atoms. The van der Waals surface area contributed by atoms with Crippen LogP contribution in [-0.2, 0) is 7.05 Å². The van der Waals surface area contributed by atoms with Gasteiger partial charge in [0.2, 0.25) is 0 Å². The van der Waals surface area contributed by atoms with Gasteiger partial charge in [0.15, 0.2) is 11.4 Å². The van der Waals surface area contributed by atoms with Crippen LogP contribution in [0.25, 0.3) is 22.1 Å². The van der Waals surface area contributed by atoms with Gasteiger partial charge in [-0.2, -0.15) is 0 Å². The Balaban J connectivity index is 1.48. The lowest BCUT2D eigenvalue weighted by atomic mass is 10.0. The zero-order valence-electron chi connectivity index (χ0n) is 22.7. The number of rotatable bonds is 4. The van der Waals surface area contributed by atoms with E-state index in [-0.39, 0.29) is 16.9 Å². The number of amides is 1. The third kappa shape index (κ3) is 4.49. The van der Waals surface area contributed by atoms with Crippen molar-refractivity contribution in [3.63, 3.8) is 0 Å². The minimum absolute atomic E-state index is 0.194. The molecule has 0 fully saturated rings. The highest BCUT2D eigenvalue weighted by Gasteiger charge is 2.27. The Kier molecular flexibility index (Phi) is 6.32. The first-order valence-corrected chi connectivity index (χ1v) is 13.0. The van der Waals surface area contributed by atoms with Crippen LogP contribution in [0.15, 0.2) is 84.0 Å². The number of H-pyrrole nitrogens is 1. The van der Waals surface area contributed by atoms with Crippen LogP contribution < -0.4 is 21.1 Å². The molecule has 0 aliphatic heterocycles. The standard InChI is InChI=1S/C31H26N8O2/c1-19(35-30(40)27-28(32)36-38-16-8-15-33-29(27)38)25-17-22-10-7-9-21(13-14-24-18-34-20(2)37(24)3)26(22)31(41)39(25)23-11-5-4-6-12-23/h4-12,15-19H,1-3H3,(H3,32,35,36,40)/p+1. The van der Waals surface area contributed by atoms with Crippen molar-refractivity contribution in [3.8, 4) is 17.5 Å². The van der Waals surface area contributed by atoms with E-state index in [1.165, 1.54) is 0 Å². The first-order chi connectivity index (χ1) is 19.8. The first-order valence-electron chi connectivity index (χ1n) is 13.0. The van der Waals surface area contributed by atoms with Crippen LogP contribution in [0, 0.1) is 18.8 Å². The van der Waals surface area contributed by atoms with E-state index in [9.17, 15) is 9.59 Å². The highest BCUT2D eigenvalue weighted by Crippen LogP contribution is 2.24. The molecule has 4 aromatic heterocycles. The first kappa shape index (κ1) is 25.6. The average molecular weight is 544 g/mol. The van der Waals surface area contributed by atoms with E-state index in [0.717, 1.165) is 16.9 Å². The summed E-state index contributed by atoms with van der Waals surface area (Å²) in [5.41, 5.74) is 9.16. The maximum Gasteiger partial charge on any atom is 0.362 e. The smallest absolute Gasteiger partial charge is 0.362 e. The lowest BCUT2D eigenvalue weighted by Crippen LogP contribution is -2.33. The third-order valence-corrected chi connectivity index (χ3v) is 7.13. The second-order valence-corrected chi connectivity index (χ2v) is 9.72. The van der Waals surface area contributed by atoms with Crippen molar-refractivity contribution in [1.82, 2.24) is 29.5 Å². The van der Waals surface area contributed by atoms with Gasteiger partial charge in [0.05, 0.1) is 17.6 Å². The van der Waals surface area contributed by atoms with Crippen molar-refractivity contribution in [3.05, 3.63) is 118 Å². The number of anilines is 1. The number of aryl methyl sites for hydroxylation is 1. The lowest BCUT2D eigenvalue weighted by molar-refractivity contribution is -0.577. The Morgan fingerprint density at radius 1 is 1.10 bits per heavy atom. The lowest BCUT2D eigenvalue weighted by Gasteiger charge is -2.21. The maximum atomic E-state index is 14.2. The number of para-hydroxylation sites is 1. The zero-order valence-corrected chi connectivity index (χ0v) is 22.7. The zero-order chi connectivity index (χ0) is 28.7. The predicted octanol–water partition coefficient (Wildman–Crippen LogP) is 2.97. The Labute approximate surface area is 235 Å². The Bertz CT molecular complexity index is 2080. The number of hydrogen-bond donors (Lipinski definition) is 3. The highest BCUT2D eigenvalue weighted by atomic mass is 16.2. The molecule has 0 aliphatic rings. The molecule has 1 amide bonds. The van der Waals surface area contributed by atoms with Crippen molar-refractivity contribution in [2.45, 2.75) is 19.9 Å². The van der Waals surface area contributed by atoms with Gasteiger partial charge >= 0.3 is 5.65 Å². The van der Waals surface area contributed by atoms with E-state index >= 15 is 0 Å². The molecule has 0 aliphatic carbocycles. The van der Waals surface area contributed by atoms with Gasteiger partial charge in [0.1, 0.15) is 23.9 Å². The minimum atomic E-state index is -0.565. The summed E-state index contributed by atoms with van der Waals surface area (Å²) < 4.78 is 5.11. The normalized spacial score (nSPS) is 11.8. The van der Waals surface area contributed by atoms with Crippen LogP contribution in [0.3, 0.4) is 0 Å². The van der Waals surface area contributed by atoms with Crippen molar-refractivity contribution in [2.24, 2.45) is 7.05 Å². The minimum Gasteiger partial charge on any atom is -0.382 e. The van der Waals surface area contributed by atoms with Gasteiger partial charge in [-0.1, -0.05) is 36.3 Å². The molecule has 1 unspecified atom stereocenters. The van der Waals surface area contributed by atoms with Gasteiger partial charge in [-0.25, -0.2) is 10.1 Å². The summed E-state index contributed by atoms with van der Waals surface area (Å²) in [6, 6.07) is 18.0. The Morgan fingerprint density at radius 3 is 2.66 bits per heavy atom. The number of aromatic nitrogens is 6. The topological polar surface area (TPSA) is 128 Å². The van der Waals surface area contributed by atoms with Gasteiger partial charge in [-0.05, 0) is 54.4 Å². The summed E-state index contributed by atoms with van der Waals surface area (Å²) in [6.45, 7) is 3.74. The molecule has 6 rings (SSSR count). The molecule has 0 bridgehead atoms. The second kappa shape index (κ2) is 10.1. The van der Waals surface area contributed by atoms with E-state index in [0.29, 0.717) is 28.0 Å². The molecule has 202 valence electrons. The molecule has 10 nitrogen and oxygen atoms in total.